The first-order chi connectivity index (χ1) is 5.52. The SMILES string of the molecule is C=C(c1ncncn1)S(=O)(=O)O. The van der Waals surface area contributed by atoms with Gasteiger partial charge in [0.25, 0.3) is 10.1 Å². The molecule has 0 aromatic carbocycles. The normalized spacial score (nSPS) is 11.1. The highest BCUT2D eigenvalue weighted by atomic mass is 32.2. The van der Waals surface area contributed by atoms with E-state index in [1.807, 2.05) is 0 Å². The zero-order chi connectivity index (χ0) is 9.19. The van der Waals surface area contributed by atoms with Gasteiger partial charge < -0.3 is 0 Å². The molecule has 0 bridgehead atoms. The van der Waals surface area contributed by atoms with Crippen molar-refractivity contribution in [2.75, 3.05) is 0 Å². The Kier molecular flexibility index (Phi) is 2.15. The second kappa shape index (κ2) is 2.95. The smallest absolute Gasteiger partial charge is 0.282 e. The van der Waals surface area contributed by atoms with Crippen LogP contribution in [0.1, 0.15) is 5.82 Å². The van der Waals surface area contributed by atoms with Gasteiger partial charge in [0.2, 0.25) is 0 Å². The fourth-order valence-corrected chi connectivity index (χ4v) is 0.835. The molecule has 0 amide bonds. The van der Waals surface area contributed by atoms with E-state index < -0.39 is 15.0 Å². The molecule has 64 valence electrons. The zero-order valence-electron chi connectivity index (χ0n) is 5.88. The predicted octanol–water partition coefficient (Wildman–Crippen LogP) is -0.270. The van der Waals surface area contributed by atoms with Gasteiger partial charge in [-0.1, -0.05) is 6.58 Å². The number of nitrogens with zero attached hydrogens (tertiary/aromatic N) is 3. The second-order valence-corrected chi connectivity index (χ2v) is 3.30. The lowest BCUT2D eigenvalue weighted by molar-refractivity contribution is 0.496. The third kappa shape index (κ3) is 1.83. The first-order valence-corrected chi connectivity index (χ1v) is 4.24. The number of rotatable bonds is 2. The molecule has 1 N–H and O–H groups in total. The number of hydrogen-bond donors (Lipinski definition) is 1. The zero-order valence-corrected chi connectivity index (χ0v) is 6.69. The van der Waals surface area contributed by atoms with E-state index in [0.717, 1.165) is 12.7 Å². The Hall–Kier alpha value is -1.34. The molecular formula is C5H5N3O3S. The summed E-state index contributed by atoms with van der Waals surface area (Å²) < 4.78 is 29.5. The minimum absolute atomic E-state index is 0.160. The van der Waals surface area contributed by atoms with Crippen molar-refractivity contribution < 1.29 is 13.0 Å². The Bertz CT molecular complexity index is 386. The van der Waals surface area contributed by atoms with Gasteiger partial charge in [0.1, 0.15) is 17.6 Å². The van der Waals surface area contributed by atoms with Crippen LogP contribution in [0, 0.1) is 0 Å². The molecule has 0 unspecified atom stereocenters. The van der Waals surface area contributed by atoms with Crippen LogP contribution in [-0.4, -0.2) is 27.9 Å². The van der Waals surface area contributed by atoms with Gasteiger partial charge in [-0.25, -0.2) is 15.0 Å². The van der Waals surface area contributed by atoms with Crippen molar-refractivity contribution in [3.63, 3.8) is 0 Å². The molecule has 0 aliphatic heterocycles. The van der Waals surface area contributed by atoms with E-state index in [4.69, 9.17) is 4.55 Å². The Labute approximate surface area is 68.8 Å². The van der Waals surface area contributed by atoms with Gasteiger partial charge in [0.15, 0.2) is 5.82 Å². The molecule has 0 aliphatic carbocycles. The van der Waals surface area contributed by atoms with Crippen LogP contribution >= 0.6 is 0 Å². The quantitative estimate of drug-likeness (QED) is 0.640. The molecule has 1 heterocycles. The van der Waals surface area contributed by atoms with Gasteiger partial charge >= 0.3 is 0 Å². The van der Waals surface area contributed by atoms with Crippen molar-refractivity contribution >= 4 is 15.0 Å². The van der Waals surface area contributed by atoms with Gasteiger partial charge in [-0.2, -0.15) is 8.42 Å². The average Bonchev–Trinajstić information content (AvgIpc) is 2.03. The molecule has 6 nitrogen and oxygen atoms in total. The largest absolute Gasteiger partial charge is 0.297 e. The highest BCUT2D eigenvalue weighted by molar-refractivity contribution is 7.95. The van der Waals surface area contributed by atoms with Crippen molar-refractivity contribution in [1.82, 2.24) is 15.0 Å². The van der Waals surface area contributed by atoms with Crippen molar-refractivity contribution in [2.24, 2.45) is 0 Å². The highest BCUT2D eigenvalue weighted by Gasteiger charge is 2.15. The molecule has 0 saturated carbocycles. The molecule has 0 aliphatic rings. The van der Waals surface area contributed by atoms with Gasteiger partial charge in [-0.15, -0.1) is 0 Å². The standard InChI is InChI=1S/C5H5N3O3S/c1-4(12(9,10)11)5-7-2-6-3-8-5/h2-3H,1H2,(H,9,10,11). The van der Waals surface area contributed by atoms with Crippen LogP contribution < -0.4 is 0 Å². The van der Waals surface area contributed by atoms with Gasteiger partial charge in [0, 0.05) is 0 Å². The van der Waals surface area contributed by atoms with Crippen LogP contribution in [-0.2, 0) is 10.1 Å². The molecule has 0 radical (unpaired) electrons. The number of aromatic nitrogens is 3. The third-order valence-electron chi connectivity index (χ3n) is 1.05. The van der Waals surface area contributed by atoms with Crippen molar-refractivity contribution in [3.8, 4) is 0 Å². The van der Waals surface area contributed by atoms with Crippen LogP contribution in [0.2, 0.25) is 0 Å². The summed E-state index contributed by atoms with van der Waals surface area (Å²) in [5.41, 5.74) is 0. The van der Waals surface area contributed by atoms with E-state index in [1.54, 1.807) is 0 Å². The van der Waals surface area contributed by atoms with Gasteiger partial charge in [-0.3, -0.25) is 4.55 Å². The first kappa shape index (κ1) is 8.75. The summed E-state index contributed by atoms with van der Waals surface area (Å²) in [5.74, 6) is -0.160. The van der Waals surface area contributed by atoms with Crippen LogP contribution in [0.25, 0.3) is 4.91 Å². The van der Waals surface area contributed by atoms with E-state index in [0.29, 0.717) is 0 Å². The molecule has 1 aromatic heterocycles. The van der Waals surface area contributed by atoms with Crippen LogP contribution in [0.5, 0.6) is 0 Å². The van der Waals surface area contributed by atoms with Crippen LogP contribution in [0.3, 0.4) is 0 Å². The molecule has 0 atom stereocenters. The Morgan fingerprint density at radius 2 is 1.92 bits per heavy atom. The summed E-state index contributed by atoms with van der Waals surface area (Å²) in [6.07, 6.45) is 2.22. The minimum atomic E-state index is -4.30. The fourth-order valence-electron chi connectivity index (χ4n) is 0.499. The second-order valence-electron chi connectivity index (χ2n) is 1.86. The van der Waals surface area contributed by atoms with E-state index in [-0.39, 0.29) is 5.82 Å². The summed E-state index contributed by atoms with van der Waals surface area (Å²) in [6.45, 7) is 3.11. The summed E-state index contributed by atoms with van der Waals surface area (Å²) in [5, 5.41) is 0. The summed E-state index contributed by atoms with van der Waals surface area (Å²) in [4.78, 5) is 9.90. The van der Waals surface area contributed by atoms with E-state index >= 15 is 0 Å². The maximum absolute atomic E-state index is 10.5. The fraction of sp³-hybridized carbons (Fsp3) is 0. The number of hydrogen-bond acceptors (Lipinski definition) is 5. The molecular weight excluding hydrogens is 182 g/mol. The van der Waals surface area contributed by atoms with E-state index in [9.17, 15) is 8.42 Å². The maximum Gasteiger partial charge on any atom is 0.297 e. The molecule has 12 heavy (non-hydrogen) atoms. The molecule has 0 fully saturated rings. The summed E-state index contributed by atoms with van der Waals surface area (Å²) in [6, 6.07) is 0. The summed E-state index contributed by atoms with van der Waals surface area (Å²) >= 11 is 0. The molecule has 0 saturated heterocycles. The average molecular weight is 187 g/mol. The highest BCUT2D eigenvalue weighted by Crippen LogP contribution is 2.10. The lowest BCUT2D eigenvalue weighted by atomic mass is 10.6. The summed E-state index contributed by atoms with van der Waals surface area (Å²) in [7, 11) is -4.30. The van der Waals surface area contributed by atoms with Crippen LogP contribution in [0.15, 0.2) is 19.2 Å². The third-order valence-corrected chi connectivity index (χ3v) is 1.86. The molecule has 7 heteroatoms. The van der Waals surface area contributed by atoms with Crippen LogP contribution in [0.4, 0.5) is 0 Å². The Morgan fingerprint density at radius 1 is 1.42 bits per heavy atom. The minimum Gasteiger partial charge on any atom is -0.282 e. The molecule has 1 aromatic rings. The van der Waals surface area contributed by atoms with Gasteiger partial charge in [-0.05, 0) is 0 Å². The van der Waals surface area contributed by atoms with Gasteiger partial charge in [0.05, 0.1) is 0 Å². The molecule has 0 spiro atoms. The monoisotopic (exact) mass is 187 g/mol. The Morgan fingerprint density at radius 3 is 2.33 bits per heavy atom. The van der Waals surface area contributed by atoms with E-state index in [2.05, 4.69) is 21.5 Å². The van der Waals surface area contributed by atoms with Crippen molar-refractivity contribution in [3.05, 3.63) is 25.1 Å². The first-order valence-electron chi connectivity index (χ1n) is 2.80. The maximum atomic E-state index is 10.5. The topological polar surface area (TPSA) is 93.0 Å². The predicted molar refractivity (Wildman–Crippen MR) is 40.4 cm³/mol. The Balaban J connectivity index is 3.11. The van der Waals surface area contributed by atoms with E-state index in [1.165, 1.54) is 0 Å². The lowest BCUT2D eigenvalue weighted by Gasteiger charge is -1.97. The van der Waals surface area contributed by atoms with Crippen molar-refractivity contribution in [2.45, 2.75) is 0 Å². The lowest BCUT2D eigenvalue weighted by Crippen LogP contribution is -2.03. The van der Waals surface area contributed by atoms with Crippen molar-refractivity contribution in [1.29, 1.82) is 0 Å². The molecule has 1 rings (SSSR count).